The maximum Gasteiger partial charge on any atom is 0.262 e. The lowest BCUT2D eigenvalue weighted by molar-refractivity contribution is 0.0507. The lowest BCUT2D eigenvalue weighted by Gasteiger charge is -2.29. The number of carbonyl (C=O) groups excluding carboxylic acids is 3. The maximum absolute atomic E-state index is 12.9. The van der Waals surface area contributed by atoms with Crippen LogP contribution in [0.15, 0.2) is 42.5 Å². The summed E-state index contributed by atoms with van der Waals surface area (Å²) in [5.41, 5.74) is 3.97. The molecule has 0 bridgehead atoms. The second-order valence-electron chi connectivity index (χ2n) is 9.08. The number of aromatic amines is 1. The molecule has 1 unspecified atom stereocenters. The predicted octanol–water partition coefficient (Wildman–Crippen LogP) is 3.46. The van der Waals surface area contributed by atoms with Gasteiger partial charge >= 0.3 is 0 Å². The molecule has 2 N–H and O–H groups in total. The summed E-state index contributed by atoms with van der Waals surface area (Å²) >= 11 is 0. The number of carbonyl (C=O) groups is 3. The van der Waals surface area contributed by atoms with Gasteiger partial charge in [-0.15, -0.1) is 0 Å². The molecule has 2 aliphatic rings. The van der Waals surface area contributed by atoms with Crippen LogP contribution in [-0.2, 0) is 12.8 Å². The third-order valence-corrected chi connectivity index (χ3v) is 5.96. The SMILES string of the molecule is CC(C)(C)N1C(=O)c2ccc(C(=O)NC3Cc4[nH]c5ccccc5c4C3)cc2C1=O. The average molecular weight is 401 g/mol. The van der Waals surface area contributed by atoms with Gasteiger partial charge in [-0.2, -0.15) is 0 Å². The van der Waals surface area contributed by atoms with E-state index in [2.05, 4.69) is 22.4 Å². The largest absolute Gasteiger partial charge is 0.358 e. The molecule has 0 fully saturated rings. The monoisotopic (exact) mass is 401 g/mol. The van der Waals surface area contributed by atoms with Crippen molar-refractivity contribution in [2.75, 3.05) is 0 Å². The number of hydrogen-bond acceptors (Lipinski definition) is 3. The number of aromatic nitrogens is 1. The van der Waals surface area contributed by atoms with E-state index in [0.29, 0.717) is 16.7 Å². The highest BCUT2D eigenvalue weighted by atomic mass is 16.2. The van der Waals surface area contributed by atoms with Crippen molar-refractivity contribution in [3.05, 3.63) is 70.4 Å². The van der Waals surface area contributed by atoms with E-state index in [0.717, 1.165) is 24.1 Å². The van der Waals surface area contributed by atoms with Gasteiger partial charge in [0.15, 0.2) is 0 Å². The van der Waals surface area contributed by atoms with Crippen molar-refractivity contribution >= 4 is 28.6 Å². The van der Waals surface area contributed by atoms with E-state index in [1.54, 1.807) is 18.2 Å². The fraction of sp³-hybridized carbons (Fsp3) is 0.292. The van der Waals surface area contributed by atoms with Gasteiger partial charge in [-0.1, -0.05) is 18.2 Å². The zero-order chi connectivity index (χ0) is 21.2. The number of H-pyrrole nitrogens is 1. The smallest absolute Gasteiger partial charge is 0.262 e. The summed E-state index contributed by atoms with van der Waals surface area (Å²) in [5.74, 6) is -0.887. The minimum absolute atomic E-state index is 0.0000165. The van der Waals surface area contributed by atoms with Crippen LogP contribution >= 0.6 is 0 Å². The highest BCUT2D eigenvalue weighted by Gasteiger charge is 2.42. The molecule has 152 valence electrons. The van der Waals surface area contributed by atoms with Gasteiger partial charge in [0.1, 0.15) is 0 Å². The molecular formula is C24H23N3O3. The van der Waals surface area contributed by atoms with Crippen molar-refractivity contribution < 1.29 is 14.4 Å². The minimum Gasteiger partial charge on any atom is -0.358 e. The van der Waals surface area contributed by atoms with Crippen LogP contribution in [0.25, 0.3) is 10.9 Å². The van der Waals surface area contributed by atoms with Gasteiger partial charge in [0.25, 0.3) is 17.7 Å². The first-order chi connectivity index (χ1) is 14.2. The molecule has 30 heavy (non-hydrogen) atoms. The minimum atomic E-state index is -0.616. The third kappa shape index (κ3) is 2.75. The number of fused-ring (bicyclic) bond motifs is 4. The van der Waals surface area contributed by atoms with E-state index in [9.17, 15) is 14.4 Å². The van der Waals surface area contributed by atoms with Crippen LogP contribution in [0.3, 0.4) is 0 Å². The number of nitrogens with one attached hydrogen (secondary N) is 2. The number of nitrogens with zero attached hydrogens (tertiary/aromatic N) is 1. The summed E-state index contributed by atoms with van der Waals surface area (Å²) in [5, 5.41) is 4.28. The zero-order valence-corrected chi connectivity index (χ0v) is 17.2. The Balaban J connectivity index is 1.35. The summed E-state index contributed by atoms with van der Waals surface area (Å²) in [6.07, 6.45) is 1.52. The maximum atomic E-state index is 12.9. The number of amides is 3. The van der Waals surface area contributed by atoms with E-state index in [1.165, 1.54) is 15.8 Å². The van der Waals surface area contributed by atoms with Crippen LogP contribution in [0.2, 0.25) is 0 Å². The molecular weight excluding hydrogens is 378 g/mol. The quantitative estimate of drug-likeness (QED) is 0.645. The summed E-state index contributed by atoms with van der Waals surface area (Å²) in [4.78, 5) is 43.0. The van der Waals surface area contributed by atoms with Crippen LogP contribution in [0, 0.1) is 0 Å². The van der Waals surface area contributed by atoms with E-state index in [4.69, 9.17) is 0 Å². The van der Waals surface area contributed by atoms with E-state index < -0.39 is 5.54 Å². The van der Waals surface area contributed by atoms with Gasteiger partial charge < -0.3 is 10.3 Å². The molecule has 0 radical (unpaired) electrons. The average Bonchev–Trinajstić information content (AvgIpc) is 3.30. The first kappa shape index (κ1) is 18.6. The predicted molar refractivity (Wildman–Crippen MR) is 114 cm³/mol. The number of imide groups is 1. The topological polar surface area (TPSA) is 82.3 Å². The normalized spacial score (nSPS) is 18.1. The number of hydrogen-bond donors (Lipinski definition) is 2. The lowest BCUT2D eigenvalue weighted by Crippen LogP contribution is -2.45. The summed E-state index contributed by atoms with van der Waals surface area (Å²) in [7, 11) is 0. The molecule has 0 saturated carbocycles. The highest BCUT2D eigenvalue weighted by molar-refractivity contribution is 6.22. The van der Waals surface area contributed by atoms with Gasteiger partial charge in [0, 0.05) is 40.2 Å². The Morgan fingerprint density at radius 1 is 1.03 bits per heavy atom. The van der Waals surface area contributed by atoms with E-state index in [-0.39, 0.29) is 23.8 Å². The van der Waals surface area contributed by atoms with Crippen LogP contribution in [0.4, 0.5) is 0 Å². The van der Waals surface area contributed by atoms with Gasteiger partial charge in [0.05, 0.1) is 11.1 Å². The molecule has 3 aromatic rings. The number of benzene rings is 2. The van der Waals surface area contributed by atoms with Crippen LogP contribution in [-0.4, -0.2) is 39.2 Å². The first-order valence-corrected chi connectivity index (χ1v) is 10.2. The van der Waals surface area contributed by atoms with Crippen molar-refractivity contribution in [3.8, 4) is 0 Å². The van der Waals surface area contributed by atoms with Gasteiger partial charge in [-0.25, -0.2) is 0 Å². The van der Waals surface area contributed by atoms with Crippen molar-refractivity contribution in [1.82, 2.24) is 15.2 Å². The van der Waals surface area contributed by atoms with Crippen molar-refractivity contribution in [1.29, 1.82) is 0 Å². The molecule has 0 spiro atoms. The Morgan fingerprint density at radius 3 is 2.53 bits per heavy atom. The summed E-state index contributed by atoms with van der Waals surface area (Å²) in [6.45, 7) is 5.46. The molecule has 6 nitrogen and oxygen atoms in total. The summed E-state index contributed by atoms with van der Waals surface area (Å²) < 4.78 is 0. The van der Waals surface area contributed by atoms with Crippen LogP contribution < -0.4 is 5.32 Å². The fourth-order valence-electron chi connectivity index (χ4n) is 4.59. The molecule has 1 aromatic heterocycles. The Kier molecular flexibility index (Phi) is 3.90. The summed E-state index contributed by atoms with van der Waals surface area (Å²) in [6, 6.07) is 12.9. The van der Waals surface area contributed by atoms with Crippen LogP contribution in [0.5, 0.6) is 0 Å². The third-order valence-electron chi connectivity index (χ3n) is 5.96. The molecule has 2 aromatic carbocycles. The van der Waals surface area contributed by atoms with Gasteiger partial charge in [0.2, 0.25) is 0 Å². The van der Waals surface area contributed by atoms with Crippen molar-refractivity contribution in [2.45, 2.75) is 45.2 Å². The second kappa shape index (κ2) is 6.29. The molecule has 1 aliphatic carbocycles. The molecule has 0 saturated heterocycles. The molecule has 1 atom stereocenters. The van der Waals surface area contributed by atoms with Crippen molar-refractivity contribution in [3.63, 3.8) is 0 Å². The Labute approximate surface area is 174 Å². The number of rotatable bonds is 2. The molecule has 5 rings (SSSR count). The Hall–Kier alpha value is -3.41. The Morgan fingerprint density at radius 2 is 1.77 bits per heavy atom. The van der Waals surface area contributed by atoms with Gasteiger partial charge in [-0.3, -0.25) is 19.3 Å². The standard InChI is InChI=1S/C24H23N3O3/c1-24(2,3)27-22(29)16-9-8-13(10-18(16)23(27)30)21(28)25-14-11-17-15-6-4-5-7-19(15)26-20(17)12-14/h4-10,14,26H,11-12H2,1-3H3,(H,25,28). The van der Waals surface area contributed by atoms with Crippen molar-refractivity contribution in [2.24, 2.45) is 0 Å². The number of para-hydroxylation sites is 1. The molecule has 1 aliphatic heterocycles. The van der Waals surface area contributed by atoms with E-state index >= 15 is 0 Å². The highest BCUT2D eigenvalue weighted by Crippen LogP contribution is 2.31. The first-order valence-electron chi connectivity index (χ1n) is 10.2. The zero-order valence-electron chi connectivity index (χ0n) is 17.2. The molecule has 2 heterocycles. The van der Waals surface area contributed by atoms with Gasteiger partial charge in [-0.05, 0) is 57.0 Å². The molecule has 3 amide bonds. The second-order valence-corrected chi connectivity index (χ2v) is 9.08. The lowest BCUT2D eigenvalue weighted by atomic mass is 10.0. The molecule has 6 heteroatoms. The van der Waals surface area contributed by atoms with Crippen LogP contribution in [0.1, 0.15) is 63.1 Å². The fourth-order valence-corrected chi connectivity index (χ4v) is 4.59. The van der Waals surface area contributed by atoms with E-state index in [1.807, 2.05) is 32.9 Å². The Bertz CT molecular complexity index is 1230.